The van der Waals surface area contributed by atoms with Gasteiger partial charge < -0.3 is 10.0 Å². The van der Waals surface area contributed by atoms with E-state index in [2.05, 4.69) is 4.98 Å². The predicted molar refractivity (Wildman–Crippen MR) is 82.9 cm³/mol. The summed E-state index contributed by atoms with van der Waals surface area (Å²) in [5.41, 5.74) is 3.07. The van der Waals surface area contributed by atoms with Gasteiger partial charge in [0.15, 0.2) is 0 Å². The zero-order valence-corrected chi connectivity index (χ0v) is 12.7. The second-order valence-electron chi connectivity index (χ2n) is 5.81. The maximum atomic E-state index is 12.7. The van der Waals surface area contributed by atoms with Crippen LogP contribution in [0.15, 0.2) is 24.3 Å². The normalized spacial score (nSPS) is 17.9. The molecule has 3 rings (SSSR count). The summed E-state index contributed by atoms with van der Waals surface area (Å²) in [6.07, 6.45) is 1.24. The van der Waals surface area contributed by atoms with Gasteiger partial charge in [-0.3, -0.25) is 9.78 Å². The van der Waals surface area contributed by atoms with Gasteiger partial charge in [-0.25, -0.2) is 4.79 Å². The summed E-state index contributed by atoms with van der Waals surface area (Å²) in [4.78, 5) is 30.0. The third-order valence-electron chi connectivity index (χ3n) is 4.19. The van der Waals surface area contributed by atoms with Crippen LogP contribution in [0.1, 0.15) is 34.5 Å². The van der Waals surface area contributed by atoms with Crippen LogP contribution < -0.4 is 0 Å². The molecule has 2 heterocycles. The van der Waals surface area contributed by atoms with Gasteiger partial charge in [0.25, 0.3) is 5.91 Å². The molecule has 1 fully saturated rings. The van der Waals surface area contributed by atoms with Crippen LogP contribution in [0.2, 0.25) is 0 Å². The van der Waals surface area contributed by atoms with Crippen LogP contribution in [0.5, 0.6) is 0 Å². The van der Waals surface area contributed by atoms with Crippen molar-refractivity contribution in [2.75, 3.05) is 6.54 Å². The van der Waals surface area contributed by atoms with Crippen molar-refractivity contribution in [1.82, 2.24) is 9.88 Å². The number of likely N-dealkylation sites (tertiary alicyclic amines) is 1. The summed E-state index contributed by atoms with van der Waals surface area (Å²) >= 11 is 0. The summed E-state index contributed by atoms with van der Waals surface area (Å²) in [7, 11) is 0. The van der Waals surface area contributed by atoms with Crippen molar-refractivity contribution in [1.29, 1.82) is 0 Å². The van der Waals surface area contributed by atoms with Crippen LogP contribution in [-0.4, -0.2) is 39.5 Å². The molecule has 22 heavy (non-hydrogen) atoms. The Hall–Kier alpha value is -2.43. The average Bonchev–Trinajstić information content (AvgIpc) is 2.96. The molecule has 0 radical (unpaired) electrons. The van der Waals surface area contributed by atoms with E-state index < -0.39 is 12.0 Å². The maximum absolute atomic E-state index is 12.7. The first kappa shape index (κ1) is 14.5. The molecular weight excluding hydrogens is 280 g/mol. The number of nitrogens with zero attached hydrogens (tertiary/aromatic N) is 2. The third-order valence-corrected chi connectivity index (χ3v) is 4.19. The van der Waals surface area contributed by atoms with Gasteiger partial charge in [-0.2, -0.15) is 0 Å². The number of aliphatic carboxylic acids is 1. The second kappa shape index (κ2) is 5.40. The van der Waals surface area contributed by atoms with Crippen LogP contribution in [0.4, 0.5) is 0 Å². The molecule has 1 saturated heterocycles. The van der Waals surface area contributed by atoms with Crippen molar-refractivity contribution in [2.24, 2.45) is 0 Å². The molecule has 5 nitrogen and oxygen atoms in total. The SMILES string of the molecule is Cc1ccc2nc(C)c(C(=O)N3CCC[C@H]3C(=O)O)cc2c1. The molecule has 1 amide bonds. The third kappa shape index (κ3) is 2.43. The van der Waals surface area contributed by atoms with E-state index in [4.69, 9.17) is 0 Å². The van der Waals surface area contributed by atoms with E-state index in [0.29, 0.717) is 24.2 Å². The van der Waals surface area contributed by atoms with E-state index >= 15 is 0 Å². The largest absolute Gasteiger partial charge is 0.480 e. The average molecular weight is 298 g/mol. The maximum Gasteiger partial charge on any atom is 0.326 e. The summed E-state index contributed by atoms with van der Waals surface area (Å²) in [5, 5.41) is 10.2. The molecule has 0 aliphatic carbocycles. The zero-order valence-electron chi connectivity index (χ0n) is 12.7. The Morgan fingerprint density at radius 3 is 2.77 bits per heavy atom. The van der Waals surface area contributed by atoms with Gasteiger partial charge in [0.2, 0.25) is 0 Å². The van der Waals surface area contributed by atoms with Crippen molar-refractivity contribution < 1.29 is 14.7 Å². The number of hydrogen-bond acceptors (Lipinski definition) is 3. The fraction of sp³-hybridized carbons (Fsp3) is 0.353. The van der Waals surface area contributed by atoms with Crippen molar-refractivity contribution in [3.05, 3.63) is 41.1 Å². The zero-order chi connectivity index (χ0) is 15.9. The number of carbonyl (C=O) groups is 2. The van der Waals surface area contributed by atoms with Crippen LogP contribution >= 0.6 is 0 Å². The minimum Gasteiger partial charge on any atom is -0.480 e. The Balaban J connectivity index is 2.03. The van der Waals surface area contributed by atoms with Crippen molar-refractivity contribution >= 4 is 22.8 Å². The fourth-order valence-corrected chi connectivity index (χ4v) is 3.03. The molecule has 0 spiro atoms. The number of aromatic nitrogens is 1. The summed E-state index contributed by atoms with van der Waals surface area (Å²) in [5.74, 6) is -1.17. The minimum absolute atomic E-state index is 0.238. The number of hydrogen-bond donors (Lipinski definition) is 1. The molecule has 0 saturated carbocycles. The molecule has 1 aliphatic rings. The van der Waals surface area contributed by atoms with Crippen LogP contribution in [0.3, 0.4) is 0 Å². The molecule has 1 aromatic carbocycles. The Kier molecular flexibility index (Phi) is 3.56. The molecule has 0 unspecified atom stereocenters. The number of rotatable bonds is 2. The van der Waals surface area contributed by atoms with Gasteiger partial charge >= 0.3 is 5.97 Å². The lowest BCUT2D eigenvalue weighted by Gasteiger charge is -2.22. The molecule has 114 valence electrons. The van der Waals surface area contributed by atoms with E-state index in [1.54, 1.807) is 6.92 Å². The monoisotopic (exact) mass is 298 g/mol. The second-order valence-corrected chi connectivity index (χ2v) is 5.81. The van der Waals surface area contributed by atoms with Crippen LogP contribution in [-0.2, 0) is 4.79 Å². The number of amides is 1. The van der Waals surface area contributed by atoms with Crippen LogP contribution in [0, 0.1) is 13.8 Å². The first-order chi connectivity index (χ1) is 10.5. The first-order valence-corrected chi connectivity index (χ1v) is 7.39. The predicted octanol–water partition coefficient (Wildman–Crippen LogP) is 2.54. The Labute approximate surface area is 128 Å². The van der Waals surface area contributed by atoms with E-state index in [1.807, 2.05) is 31.2 Å². The quantitative estimate of drug-likeness (QED) is 0.925. The molecule has 1 atom stereocenters. The number of aryl methyl sites for hydroxylation is 2. The topological polar surface area (TPSA) is 70.5 Å². The highest BCUT2D eigenvalue weighted by molar-refractivity contribution is 6.00. The number of carbonyl (C=O) groups excluding carboxylic acids is 1. The van der Waals surface area contributed by atoms with Gasteiger partial charge in [0.05, 0.1) is 16.8 Å². The lowest BCUT2D eigenvalue weighted by molar-refractivity contribution is -0.141. The summed E-state index contributed by atoms with van der Waals surface area (Å²) < 4.78 is 0. The summed E-state index contributed by atoms with van der Waals surface area (Å²) in [6, 6.07) is 7.00. The standard InChI is InChI=1S/C17H18N2O3/c1-10-5-6-14-12(8-10)9-13(11(2)18-14)16(20)19-7-3-4-15(19)17(21)22/h5-6,8-9,15H,3-4,7H2,1-2H3,(H,21,22)/t15-/m0/s1. The number of pyridine rings is 1. The van der Waals surface area contributed by atoms with Crippen molar-refractivity contribution in [3.63, 3.8) is 0 Å². The number of carboxylic acid groups (broad SMARTS) is 1. The molecule has 2 aromatic rings. The van der Waals surface area contributed by atoms with Gasteiger partial charge in [-0.05, 0) is 44.9 Å². The highest BCUT2D eigenvalue weighted by Gasteiger charge is 2.35. The van der Waals surface area contributed by atoms with Crippen LogP contribution in [0.25, 0.3) is 10.9 Å². The molecule has 1 aromatic heterocycles. The van der Waals surface area contributed by atoms with E-state index in [0.717, 1.165) is 22.9 Å². The van der Waals surface area contributed by atoms with Gasteiger partial charge in [-0.1, -0.05) is 11.6 Å². The van der Waals surface area contributed by atoms with Gasteiger partial charge in [0.1, 0.15) is 6.04 Å². The minimum atomic E-state index is -0.937. The molecule has 1 N–H and O–H groups in total. The highest BCUT2D eigenvalue weighted by atomic mass is 16.4. The number of fused-ring (bicyclic) bond motifs is 1. The molecule has 5 heteroatoms. The van der Waals surface area contributed by atoms with E-state index in [-0.39, 0.29) is 5.91 Å². The van der Waals surface area contributed by atoms with Crippen molar-refractivity contribution in [3.8, 4) is 0 Å². The lowest BCUT2D eigenvalue weighted by atomic mass is 10.1. The fourth-order valence-electron chi connectivity index (χ4n) is 3.03. The first-order valence-electron chi connectivity index (χ1n) is 7.39. The van der Waals surface area contributed by atoms with E-state index in [9.17, 15) is 14.7 Å². The number of carboxylic acids is 1. The smallest absolute Gasteiger partial charge is 0.326 e. The Morgan fingerprint density at radius 1 is 1.27 bits per heavy atom. The lowest BCUT2D eigenvalue weighted by Crippen LogP contribution is -2.40. The van der Waals surface area contributed by atoms with Gasteiger partial charge in [-0.15, -0.1) is 0 Å². The van der Waals surface area contributed by atoms with E-state index in [1.165, 1.54) is 4.90 Å². The highest BCUT2D eigenvalue weighted by Crippen LogP contribution is 2.24. The molecular formula is C17H18N2O3. The molecule has 0 bridgehead atoms. The number of benzene rings is 1. The Morgan fingerprint density at radius 2 is 2.05 bits per heavy atom. The van der Waals surface area contributed by atoms with Gasteiger partial charge in [0, 0.05) is 11.9 Å². The van der Waals surface area contributed by atoms with Crippen molar-refractivity contribution in [2.45, 2.75) is 32.7 Å². The Bertz CT molecular complexity index is 770. The molecule has 1 aliphatic heterocycles. The summed E-state index contributed by atoms with van der Waals surface area (Å²) in [6.45, 7) is 4.27.